The first-order valence-electron chi connectivity index (χ1n) is 7.51. The van der Waals surface area contributed by atoms with Crippen LogP contribution in [-0.4, -0.2) is 24.4 Å². The van der Waals surface area contributed by atoms with Gasteiger partial charge in [-0.05, 0) is 49.4 Å². The van der Waals surface area contributed by atoms with Crippen molar-refractivity contribution in [3.8, 4) is 11.5 Å². The predicted molar refractivity (Wildman–Crippen MR) is 84.7 cm³/mol. The Balaban J connectivity index is 1.73. The maximum atomic E-state index is 6.08. The number of hydrazone groups is 1. The topological polar surface area (TPSA) is 43.3 Å². The van der Waals surface area contributed by atoms with Gasteiger partial charge in [0, 0.05) is 0 Å². The lowest BCUT2D eigenvalue weighted by Gasteiger charge is -2.16. The van der Waals surface area contributed by atoms with Crippen LogP contribution in [0.1, 0.15) is 31.2 Å². The summed E-state index contributed by atoms with van der Waals surface area (Å²) >= 11 is 0. The van der Waals surface area contributed by atoms with E-state index in [4.69, 9.17) is 14.2 Å². The molecule has 2 aliphatic rings. The van der Waals surface area contributed by atoms with E-state index < -0.39 is 0 Å². The van der Waals surface area contributed by atoms with Crippen molar-refractivity contribution in [3.63, 3.8) is 0 Å². The standard InChI is InChI=1S/C17H20N2O3/c1-20-16-7-6-14(13-18-19-8-10-21-11-9-19)12-17(16)22-15-4-2-3-5-15/h6-13,15H,2-5H2,1H3/b18-13+. The molecule has 5 nitrogen and oxygen atoms in total. The molecule has 1 heterocycles. The second-order valence-electron chi connectivity index (χ2n) is 5.27. The predicted octanol–water partition coefficient (Wildman–Crippen LogP) is 3.63. The van der Waals surface area contributed by atoms with Crippen LogP contribution >= 0.6 is 0 Å². The van der Waals surface area contributed by atoms with E-state index in [1.54, 1.807) is 43.3 Å². The van der Waals surface area contributed by atoms with Crippen molar-refractivity contribution in [2.45, 2.75) is 31.8 Å². The highest BCUT2D eigenvalue weighted by molar-refractivity contribution is 5.80. The van der Waals surface area contributed by atoms with Crippen LogP contribution in [0.5, 0.6) is 11.5 Å². The molecule has 116 valence electrons. The van der Waals surface area contributed by atoms with Gasteiger partial charge < -0.3 is 14.2 Å². The molecular weight excluding hydrogens is 280 g/mol. The van der Waals surface area contributed by atoms with E-state index in [0.29, 0.717) is 6.10 Å². The largest absolute Gasteiger partial charge is 0.493 e. The Morgan fingerprint density at radius 1 is 1.18 bits per heavy atom. The van der Waals surface area contributed by atoms with Crippen molar-refractivity contribution in [1.29, 1.82) is 0 Å². The minimum atomic E-state index is 0.297. The Labute approximate surface area is 130 Å². The summed E-state index contributed by atoms with van der Waals surface area (Å²) in [6, 6.07) is 5.84. The molecule has 0 amide bonds. The molecule has 1 aliphatic carbocycles. The minimum Gasteiger partial charge on any atom is -0.493 e. The molecule has 1 aliphatic heterocycles. The summed E-state index contributed by atoms with van der Waals surface area (Å²) in [6.07, 6.45) is 13.4. The maximum absolute atomic E-state index is 6.08. The fraction of sp³-hybridized carbons (Fsp3) is 0.353. The van der Waals surface area contributed by atoms with E-state index in [1.807, 2.05) is 18.2 Å². The quantitative estimate of drug-likeness (QED) is 0.779. The summed E-state index contributed by atoms with van der Waals surface area (Å²) in [5.74, 6) is 1.54. The number of rotatable bonds is 5. The lowest BCUT2D eigenvalue weighted by Crippen LogP contribution is -2.11. The molecule has 1 aromatic carbocycles. The average Bonchev–Trinajstić information content (AvgIpc) is 3.07. The Hall–Kier alpha value is -2.43. The highest BCUT2D eigenvalue weighted by Crippen LogP contribution is 2.32. The van der Waals surface area contributed by atoms with Crippen molar-refractivity contribution in [2.24, 2.45) is 5.10 Å². The second kappa shape index (κ2) is 7.02. The van der Waals surface area contributed by atoms with Gasteiger partial charge in [0.05, 0.1) is 31.8 Å². The molecule has 1 aromatic rings. The van der Waals surface area contributed by atoms with Crippen molar-refractivity contribution in [2.75, 3.05) is 7.11 Å². The Morgan fingerprint density at radius 2 is 1.95 bits per heavy atom. The summed E-state index contributed by atoms with van der Waals surface area (Å²) in [5.41, 5.74) is 0.960. The van der Waals surface area contributed by atoms with Crippen LogP contribution in [0.3, 0.4) is 0 Å². The van der Waals surface area contributed by atoms with Gasteiger partial charge in [-0.25, -0.2) is 5.01 Å². The number of methoxy groups -OCH3 is 1. The van der Waals surface area contributed by atoms with E-state index in [-0.39, 0.29) is 0 Å². The van der Waals surface area contributed by atoms with Gasteiger partial charge in [0.15, 0.2) is 11.5 Å². The van der Waals surface area contributed by atoms with E-state index in [0.717, 1.165) is 29.9 Å². The number of benzene rings is 1. The van der Waals surface area contributed by atoms with Gasteiger partial charge in [-0.3, -0.25) is 0 Å². The molecular formula is C17H20N2O3. The van der Waals surface area contributed by atoms with Gasteiger partial charge in [0.25, 0.3) is 0 Å². The van der Waals surface area contributed by atoms with Gasteiger partial charge in [0.1, 0.15) is 12.5 Å². The third-order valence-corrected chi connectivity index (χ3v) is 3.71. The lowest BCUT2D eigenvalue weighted by atomic mass is 10.2. The van der Waals surface area contributed by atoms with Gasteiger partial charge in [-0.1, -0.05) is 0 Å². The first-order chi connectivity index (χ1) is 10.8. The summed E-state index contributed by atoms with van der Waals surface area (Å²) < 4.78 is 16.4. The zero-order valence-electron chi connectivity index (χ0n) is 12.6. The molecule has 22 heavy (non-hydrogen) atoms. The zero-order valence-corrected chi connectivity index (χ0v) is 12.6. The molecule has 0 bridgehead atoms. The molecule has 0 spiro atoms. The molecule has 1 saturated carbocycles. The Morgan fingerprint density at radius 3 is 2.68 bits per heavy atom. The molecule has 0 aromatic heterocycles. The summed E-state index contributed by atoms with van der Waals surface area (Å²) in [4.78, 5) is 0. The van der Waals surface area contributed by atoms with Crippen molar-refractivity contribution < 1.29 is 14.2 Å². The van der Waals surface area contributed by atoms with Gasteiger partial charge >= 0.3 is 0 Å². The highest BCUT2D eigenvalue weighted by Gasteiger charge is 2.18. The Kier molecular flexibility index (Phi) is 4.63. The third-order valence-electron chi connectivity index (χ3n) is 3.71. The number of hydrogen-bond acceptors (Lipinski definition) is 5. The third kappa shape index (κ3) is 3.61. The summed E-state index contributed by atoms with van der Waals surface area (Å²) in [6.45, 7) is 0. The lowest BCUT2D eigenvalue weighted by molar-refractivity contribution is 0.201. The maximum Gasteiger partial charge on any atom is 0.162 e. The summed E-state index contributed by atoms with van der Waals surface area (Å²) in [7, 11) is 1.66. The molecule has 0 unspecified atom stereocenters. The molecule has 1 fully saturated rings. The van der Waals surface area contributed by atoms with Crippen LogP contribution in [0, 0.1) is 0 Å². The minimum absolute atomic E-state index is 0.297. The van der Waals surface area contributed by atoms with E-state index in [9.17, 15) is 0 Å². The normalized spacial score (nSPS) is 18.0. The second-order valence-corrected chi connectivity index (χ2v) is 5.27. The SMILES string of the molecule is COc1ccc(/C=N/N2C=COC=C2)cc1OC1CCCC1. The van der Waals surface area contributed by atoms with Crippen molar-refractivity contribution in [1.82, 2.24) is 5.01 Å². The molecule has 0 saturated heterocycles. The van der Waals surface area contributed by atoms with E-state index in [2.05, 4.69) is 5.10 Å². The summed E-state index contributed by atoms with van der Waals surface area (Å²) in [5, 5.41) is 6.01. The van der Waals surface area contributed by atoms with Crippen LogP contribution in [0.25, 0.3) is 0 Å². The zero-order chi connectivity index (χ0) is 15.2. The fourth-order valence-corrected chi connectivity index (χ4v) is 2.55. The van der Waals surface area contributed by atoms with Crippen molar-refractivity contribution in [3.05, 3.63) is 48.7 Å². The average molecular weight is 300 g/mol. The van der Waals surface area contributed by atoms with Gasteiger partial charge in [-0.2, -0.15) is 5.10 Å². The first-order valence-corrected chi connectivity index (χ1v) is 7.51. The molecule has 0 N–H and O–H groups in total. The van der Waals surface area contributed by atoms with Crippen LogP contribution in [0.4, 0.5) is 0 Å². The number of nitrogens with zero attached hydrogens (tertiary/aromatic N) is 2. The number of hydrogen-bond donors (Lipinski definition) is 0. The highest BCUT2D eigenvalue weighted by atomic mass is 16.5. The number of ether oxygens (including phenoxy) is 3. The smallest absolute Gasteiger partial charge is 0.162 e. The van der Waals surface area contributed by atoms with Gasteiger partial charge in [0.2, 0.25) is 0 Å². The van der Waals surface area contributed by atoms with E-state index in [1.165, 1.54) is 12.8 Å². The molecule has 0 atom stereocenters. The van der Waals surface area contributed by atoms with Crippen molar-refractivity contribution >= 4 is 6.21 Å². The fourth-order valence-electron chi connectivity index (χ4n) is 2.55. The van der Waals surface area contributed by atoms with Gasteiger partial charge in [-0.15, -0.1) is 0 Å². The first kappa shape index (κ1) is 14.5. The molecule has 3 rings (SSSR count). The molecule has 5 heteroatoms. The van der Waals surface area contributed by atoms with Crippen LogP contribution in [-0.2, 0) is 4.74 Å². The molecule has 0 radical (unpaired) electrons. The van der Waals surface area contributed by atoms with Crippen LogP contribution in [0.2, 0.25) is 0 Å². The van der Waals surface area contributed by atoms with Crippen LogP contribution in [0.15, 0.2) is 48.2 Å². The van der Waals surface area contributed by atoms with E-state index >= 15 is 0 Å². The van der Waals surface area contributed by atoms with Crippen LogP contribution < -0.4 is 9.47 Å². The monoisotopic (exact) mass is 300 g/mol. The Bertz CT molecular complexity index is 578.